The molecule has 0 bridgehead atoms. The van der Waals surface area contributed by atoms with Gasteiger partial charge in [0.25, 0.3) is 0 Å². The molecule has 0 saturated carbocycles. The third-order valence-electron chi connectivity index (χ3n) is 11.1. The minimum atomic E-state index is -0.739. The highest BCUT2D eigenvalue weighted by Crippen LogP contribution is 2.62. The van der Waals surface area contributed by atoms with Gasteiger partial charge < -0.3 is 4.74 Å². The zero-order valence-electron chi connectivity index (χ0n) is 29.1. The zero-order chi connectivity index (χ0) is 35.6. The molecule has 1 spiro atoms. The molecule has 3 heterocycles. The monoisotopic (exact) mass is 689 g/mol. The Bertz CT molecular complexity index is 2860. The van der Waals surface area contributed by atoms with E-state index in [0.29, 0.717) is 5.82 Å². The van der Waals surface area contributed by atoms with Crippen LogP contribution in [-0.2, 0) is 5.41 Å². The van der Waals surface area contributed by atoms with E-state index in [1.807, 2.05) is 36.5 Å². The maximum atomic E-state index is 6.98. The second-order valence-corrected chi connectivity index (χ2v) is 13.9. The van der Waals surface area contributed by atoms with Crippen LogP contribution in [0.2, 0.25) is 0 Å². The van der Waals surface area contributed by atoms with E-state index in [2.05, 4.69) is 151 Å². The summed E-state index contributed by atoms with van der Waals surface area (Å²) in [5, 5.41) is 2.23. The van der Waals surface area contributed by atoms with Gasteiger partial charge in [-0.2, -0.15) is 0 Å². The number of ether oxygens (including phenoxy) is 1. The summed E-state index contributed by atoms with van der Waals surface area (Å²) < 4.78 is 6.98. The molecule has 0 radical (unpaired) electrons. The topological polar surface area (TPSA) is 47.9 Å². The molecule has 11 rings (SSSR count). The number of hydrogen-bond acceptors (Lipinski definition) is 4. The van der Waals surface area contributed by atoms with Crippen molar-refractivity contribution in [1.29, 1.82) is 0 Å². The lowest BCUT2D eigenvalue weighted by Gasteiger charge is -2.43. The van der Waals surface area contributed by atoms with Crippen LogP contribution in [0.3, 0.4) is 0 Å². The zero-order valence-corrected chi connectivity index (χ0v) is 29.1. The van der Waals surface area contributed by atoms with Crippen molar-refractivity contribution in [2.45, 2.75) is 5.41 Å². The van der Waals surface area contributed by atoms with Gasteiger partial charge in [-0.15, -0.1) is 0 Å². The first-order valence-electron chi connectivity index (χ1n) is 18.3. The standard InChI is InChI=1S/C50H31N3O/c1-2-14-33(15-3-1)49-52-45(30-46(53-49)35-16-12-28-51-31-35)34-24-26-40-38-19-7-6-18-37(38)39-20-8-9-21-41(39)50(44(40)29-34)42-22-10-11-23-47(42)54-48-36-17-5-4-13-32(36)25-27-43(48)50/h1-31H. The van der Waals surface area contributed by atoms with E-state index in [0.717, 1.165) is 61.5 Å². The number of pyridine rings is 1. The van der Waals surface area contributed by atoms with Gasteiger partial charge in [0.2, 0.25) is 0 Å². The lowest BCUT2D eigenvalue weighted by molar-refractivity contribution is 0.440. The Hall–Kier alpha value is -7.17. The number of hydrogen-bond donors (Lipinski definition) is 0. The highest BCUT2D eigenvalue weighted by atomic mass is 16.5. The van der Waals surface area contributed by atoms with Crippen molar-refractivity contribution in [1.82, 2.24) is 15.0 Å². The van der Waals surface area contributed by atoms with E-state index in [1.165, 1.54) is 33.4 Å². The number of fused-ring (bicyclic) bond motifs is 13. The summed E-state index contributed by atoms with van der Waals surface area (Å²) in [5.74, 6) is 2.41. The lowest BCUT2D eigenvalue weighted by atomic mass is 9.61. The van der Waals surface area contributed by atoms with Gasteiger partial charge >= 0.3 is 0 Å². The van der Waals surface area contributed by atoms with Crippen LogP contribution in [0.4, 0.5) is 0 Å². The molecule has 1 aliphatic carbocycles. The molecule has 0 N–H and O–H groups in total. The minimum Gasteiger partial charge on any atom is -0.456 e. The fourth-order valence-corrected chi connectivity index (χ4v) is 8.71. The van der Waals surface area contributed by atoms with Gasteiger partial charge in [-0.3, -0.25) is 4.98 Å². The average molecular weight is 690 g/mol. The summed E-state index contributed by atoms with van der Waals surface area (Å²) >= 11 is 0. The maximum Gasteiger partial charge on any atom is 0.160 e. The first-order chi connectivity index (χ1) is 26.8. The normalized spacial score (nSPS) is 14.9. The van der Waals surface area contributed by atoms with Crippen LogP contribution in [0.5, 0.6) is 11.5 Å². The molecule has 1 unspecified atom stereocenters. The minimum absolute atomic E-state index is 0.667. The number of aromatic nitrogens is 3. The highest BCUT2D eigenvalue weighted by Gasteiger charge is 2.49. The first kappa shape index (κ1) is 30.5. The average Bonchev–Trinajstić information content (AvgIpc) is 3.35. The van der Waals surface area contributed by atoms with Crippen molar-refractivity contribution in [2.75, 3.05) is 0 Å². The first-order valence-corrected chi connectivity index (χ1v) is 18.3. The smallest absolute Gasteiger partial charge is 0.160 e. The molecule has 1 atom stereocenters. The summed E-state index contributed by atoms with van der Waals surface area (Å²) in [6, 6.07) is 62.5. The predicted octanol–water partition coefficient (Wildman–Crippen LogP) is 12.2. The van der Waals surface area contributed by atoms with Gasteiger partial charge in [-0.1, -0.05) is 146 Å². The molecule has 4 nitrogen and oxygen atoms in total. The Morgan fingerprint density at radius 1 is 0.426 bits per heavy atom. The van der Waals surface area contributed by atoms with E-state index in [-0.39, 0.29) is 0 Å². The van der Waals surface area contributed by atoms with Crippen LogP contribution in [0.1, 0.15) is 22.3 Å². The third-order valence-corrected chi connectivity index (χ3v) is 11.1. The van der Waals surface area contributed by atoms with Crippen LogP contribution in [0, 0.1) is 0 Å². The summed E-state index contributed by atoms with van der Waals surface area (Å²) in [6.45, 7) is 0. The molecule has 0 saturated heterocycles. The van der Waals surface area contributed by atoms with Crippen molar-refractivity contribution >= 4 is 10.8 Å². The third kappa shape index (κ3) is 4.47. The molecular weight excluding hydrogens is 659 g/mol. The Morgan fingerprint density at radius 2 is 1.09 bits per heavy atom. The molecule has 0 amide bonds. The Morgan fingerprint density at radius 3 is 1.91 bits per heavy atom. The van der Waals surface area contributed by atoms with Crippen molar-refractivity contribution < 1.29 is 4.74 Å². The summed E-state index contributed by atoms with van der Waals surface area (Å²) in [7, 11) is 0. The highest BCUT2D eigenvalue weighted by molar-refractivity contribution is 5.98. The van der Waals surface area contributed by atoms with E-state index in [1.54, 1.807) is 6.20 Å². The van der Waals surface area contributed by atoms with Gasteiger partial charge in [0.05, 0.1) is 16.8 Å². The van der Waals surface area contributed by atoms with Gasteiger partial charge in [0.1, 0.15) is 11.5 Å². The molecule has 0 fully saturated rings. The summed E-state index contributed by atoms with van der Waals surface area (Å²) in [5.41, 5.74) is 13.2. The fraction of sp³-hybridized carbons (Fsp3) is 0.0200. The number of para-hydroxylation sites is 1. The van der Waals surface area contributed by atoms with Gasteiger partial charge in [0.15, 0.2) is 5.82 Å². The lowest BCUT2D eigenvalue weighted by Crippen LogP contribution is -2.35. The van der Waals surface area contributed by atoms with Crippen LogP contribution >= 0.6 is 0 Å². The molecule has 9 aromatic rings. The van der Waals surface area contributed by atoms with Gasteiger partial charge in [-0.25, -0.2) is 9.97 Å². The van der Waals surface area contributed by atoms with E-state index in [9.17, 15) is 0 Å². The summed E-state index contributed by atoms with van der Waals surface area (Å²) in [6.07, 6.45) is 3.65. The number of benzene rings is 7. The second-order valence-electron chi connectivity index (χ2n) is 13.9. The van der Waals surface area contributed by atoms with Crippen molar-refractivity contribution in [3.63, 3.8) is 0 Å². The van der Waals surface area contributed by atoms with Crippen molar-refractivity contribution in [2.24, 2.45) is 0 Å². The van der Waals surface area contributed by atoms with Crippen molar-refractivity contribution in [3.05, 3.63) is 211 Å². The quantitative estimate of drug-likeness (QED) is 0.185. The Balaban J connectivity index is 1.28. The molecule has 252 valence electrons. The molecule has 2 aliphatic rings. The molecule has 54 heavy (non-hydrogen) atoms. The molecular formula is C50H31N3O. The van der Waals surface area contributed by atoms with Crippen molar-refractivity contribution in [3.8, 4) is 67.7 Å². The second kappa shape index (κ2) is 11.9. The molecule has 1 aliphatic heterocycles. The molecule has 2 aromatic heterocycles. The Labute approximate surface area is 313 Å². The fourth-order valence-electron chi connectivity index (χ4n) is 8.71. The largest absolute Gasteiger partial charge is 0.456 e. The number of rotatable bonds is 3. The number of nitrogens with zero attached hydrogens (tertiary/aromatic N) is 3. The predicted molar refractivity (Wildman–Crippen MR) is 216 cm³/mol. The van der Waals surface area contributed by atoms with Crippen LogP contribution in [0.25, 0.3) is 66.9 Å². The molecule has 4 heteroatoms. The van der Waals surface area contributed by atoms with Gasteiger partial charge in [0, 0.05) is 45.6 Å². The molecule has 7 aromatic carbocycles. The van der Waals surface area contributed by atoms with Crippen LogP contribution in [-0.4, -0.2) is 15.0 Å². The van der Waals surface area contributed by atoms with E-state index in [4.69, 9.17) is 14.7 Å². The summed E-state index contributed by atoms with van der Waals surface area (Å²) in [4.78, 5) is 14.8. The van der Waals surface area contributed by atoms with Gasteiger partial charge in [-0.05, 0) is 69.1 Å². The van der Waals surface area contributed by atoms with Crippen LogP contribution < -0.4 is 4.74 Å². The van der Waals surface area contributed by atoms with E-state index >= 15 is 0 Å². The van der Waals surface area contributed by atoms with E-state index < -0.39 is 5.41 Å². The SMILES string of the molecule is c1ccc(-c2nc(-c3cccnc3)cc(-c3ccc4c(c3)C3(c5ccccc5Oc5c3ccc3ccccc53)c3ccccc3-c3ccccc3-4)n2)cc1. The maximum absolute atomic E-state index is 6.98. The Kier molecular flexibility index (Phi) is 6.73. The van der Waals surface area contributed by atoms with Crippen LogP contribution in [0.15, 0.2) is 188 Å².